The predicted molar refractivity (Wildman–Crippen MR) is 57.8 cm³/mol. The largest absolute Gasteiger partial charge is 0.481 e. The molecule has 3 N–H and O–H groups in total. The van der Waals surface area contributed by atoms with E-state index in [0.717, 1.165) is 0 Å². The van der Waals surface area contributed by atoms with Crippen molar-refractivity contribution in [3.63, 3.8) is 0 Å². The molecule has 1 fully saturated rings. The SMILES string of the molecule is CCC(CC)(CO)NC(=O)C1CC1C(=O)O. The fraction of sp³-hybridized carbons (Fsp3) is 0.818. The van der Waals surface area contributed by atoms with Crippen LogP contribution in [0.25, 0.3) is 0 Å². The summed E-state index contributed by atoms with van der Waals surface area (Å²) in [5.41, 5.74) is -0.595. The van der Waals surface area contributed by atoms with Crippen LogP contribution in [0.15, 0.2) is 0 Å². The average Bonchev–Trinajstić information content (AvgIpc) is 3.06. The Morgan fingerprint density at radius 3 is 2.19 bits per heavy atom. The van der Waals surface area contributed by atoms with Gasteiger partial charge in [-0.05, 0) is 19.3 Å². The number of amides is 1. The lowest BCUT2D eigenvalue weighted by Crippen LogP contribution is -2.51. The summed E-state index contributed by atoms with van der Waals surface area (Å²) < 4.78 is 0. The molecule has 92 valence electrons. The zero-order valence-electron chi connectivity index (χ0n) is 9.69. The number of carbonyl (C=O) groups excluding carboxylic acids is 1. The molecular weight excluding hydrogens is 210 g/mol. The van der Waals surface area contributed by atoms with Crippen LogP contribution in [0, 0.1) is 11.8 Å². The molecule has 1 saturated carbocycles. The zero-order chi connectivity index (χ0) is 12.3. The molecule has 0 aromatic carbocycles. The van der Waals surface area contributed by atoms with Crippen molar-refractivity contribution < 1.29 is 19.8 Å². The van der Waals surface area contributed by atoms with E-state index in [1.807, 2.05) is 13.8 Å². The topological polar surface area (TPSA) is 86.6 Å². The Morgan fingerprint density at radius 2 is 1.88 bits per heavy atom. The average molecular weight is 229 g/mol. The van der Waals surface area contributed by atoms with Gasteiger partial charge in [0.1, 0.15) is 0 Å². The quantitative estimate of drug-likeness (QED) is 0.614. The number of aliphatic carboxylic acids is 1. The molecule has 0 bridgehead atoms. The highest BCUT2D eigenvalue weighted by atomic mass is 16.4. The van der Waals surface area contributed by atoms with E-state index >= 15 is 0 Å². The third-order valence-corrected chi connectivity index (χ3v) is 3.49. The molecule has 5 nitrogen and oxygen atoms in total. The van der Waals surface area contributed by atoms with Gasteiger partial charge in [-0.1, -0.05) is 13.8 Å². The number of aliphatic hydroxyl groups is 1. The number of carbonyl (C=O) groups is 2. The normalized spacial score (nSPS) is 23.9. The maximum Gasteiger partial charge on any atom is 0.307 e. The van der Waals surface area contributed by atoms with E-state index in [2.05, 4.69) is 5.32 Å². The van der Waals surface area contributed by atoms with Crippen molar-refractivity contribution in [3.8, 4) is 0 Å². The lowest BCUT2D eigenvalue weighted by Gasteiger charge is -2.30. The van der Waals surface area contributed by atoms with Crippen LogP contribution < -0.4 is 5.32 Å². The second kappa shape index (κ2) is 4.82. The molecule has 0 aromatic rings. The minimum absolute atomic E-state index is 0.115. The van der Waals surface area contributed by atoms with E-state index in [1.165, 1.54) is 0 Å². The maximum absolute atomic E-state index is 11.7. The number of hydrogen-bond donors (Lipinski definition) is 3. The lowest BCUT2D eigenvalue weighted by molar-refractivity contribution is -0.140. The van der Waals surface area contributed by atoms with Gasteiger partial charge in [-0.2, -0.15) is 0 Å². The van der Waals surface area contributed by atoms with Gasteiger partial charge in [0.05, 0.1) is 24.0 Å². The fourth-order valence-electron chi connectivity index (χ4n) is 1.80. The van der Waals surface area contributed by atoms with Crippen molar-refractivity contribution in [2.75, 3.05) is 6.61 Å². The molecule has 2 unspecified atom stereocenters. The second-order valence-corrected chi connectivity index (χ2v) is 4.42. The first kappa shape index (κ1) is 13.0. The van der Waals surface area contributed by atoms with Crippen LogP contribution in [0.4, 0.5) is 0 Å². The van der Waals surface area contributed by atoms with Gasteiger partial charge in [-0.15, -0.1) is 0 Å². The van der Waals surface area contributed by atoms with Gasteiger partial charge in [-0.25, -0.2) is 0 Å². The van der Waals surface area contributed by atoms with Crippen LogP contribution in [0.2, 0.25) is 0 Å². The summed E-state index contributed by atoms with van der Waals surface area (Å²) in [4.78, 5) is 22.3. The Hall–Kier alpha value is -1.10. The van der Waals surface area contributed by atoms with Gasteiger partial charge in [0.25, 0.3) is 0 Å². The van der Waals surface area contributed by atoms with Gasteiger partial charge < -0.3 is 15.5 Å². The summed E-state index contributed by atoms with van der Waals surface area (Å²) in [6, 6.07) is 0. The highest BCUT2D eigenvalue weighted by molar-refractivity contribution is 5.89. The lowest BCUT2D eigenvalue weighted by atomic mass is 9.93. The monoisotopic (exact) mass is 229 g/mol. The Bertz CT molecular complexity index is 277. The molecule has 16 heavy (non-hydrogen) atoms. The zero-order valence-corrected chi connectivity index (χ0v) is 9.69. The highest BCUT2D eigenvalue weighted by Crippen LogP contribution is 2.39. The van der Waals surface area contributed by atoms with Crippen molar-refractivity contribution >= 4 is 11.9 Å². The van der Waals surface area contributed by atoms with Crippen LogP contribution in [0.5, 0.6) is 0 Å². The molecule has 1 amide bonds. The van der Waals surface area contributed by atoms with E-state index in [4.69, 9.17) is 5.11 Å². The number of rotatable bonds is 6. The van der Waals surface area contributed by atoms with E-state index in [1.54, 1.807) is 0 Å². The van der Waals surface area contributed by atoms with E-state index in [-0.39, 0.29) is 12.5 Å². The summed E-state index contributed by atoms with van der Waals surface area (Å²) >= 11 is 0. The van der Waals surface area contributed by atoms with E-state index < -0.39 is 23.3 Å². The van der Waals surface area contributed by atoms with Crippen LogP contribution in [0.3, 0.4) is 0 Å². The first-order chi connectivity index (χ1) is 7.49. The van der Waals surface area contributed by atoms with Gasteiger partial charge in [0.2, 0.25) is 5.91 Å². The molecule has 0 heterocycles. The smallest absolute Gasteiger partial charge is 0.307 e. The molecule has 0 radical (unpaired) electrons. The number of carboxylic acids is 1. The Labute approximate surface area is 94.8 Å². The fourth-order valence-corrected chi connectivity index (χ4v) is 1.80. The summed E-state index contributed by atoms with van der Waals surface area (Å²) in [5.74, 6) is -2.11. The van der Waals surface area contributed by atoms with Crippen molar-refractivity contribution in [3.05, 3.63) is 0 Å². The molecule has 1 aliphatic rings. The Morgan fingerprint density at radius 1 is 1.31 bits per heavy atom. The highest BCUT2D eigenvalue weighted by Gasteiger charge is 2.49. The maximum atomic E-state index is 11.7. The van der Waals surface area contributed by atoms with Gasteiger partial charge >= 0.3 is 5.97 Å². The molecule has 0 saturated heterocycles. The molecule has 1 aliphatic carbocycles. The second-order valence-electron chi connectivity index (χ2n) is 4.42. The van der Waals surface area contributed by atoms with Crippen molar-refractivity contribution in [1.29, 1.82) is 0 Å². The number of aliphatic hydroxyl groups excluding tert-OH is 1. The van der Waals surface area contributed by atoms with Crippen LogP contribution in [0.1, 0.15) is 33.1 Å². The van der Waals surface area contributed by atoms with E-state index in [0.29, 0.717) is 19.3 Å². The van der Waals surface area contributed by atoms with Crippen LogP contribution in [-0.4, -0.2) is 34.2 Å². The molecule has 0 spiro atoms. The van der Waals surface area contributed by atoms with Crippen LogP contribution in [-0.2, 0) is 9.59 Å². The predicted octanol–water partition coefficient (Wildman–Crippen LogP) is 0.374. The molecule has 5 heteroatoms. The number of carboxylic acid groups (broad SMARTS) is 1. The standard InChI is InChI=1S/C11H19NO4/c1-3-11(4-2,6-13)12-9(14)7-5-8(7)10(15)16/h7-8,13H,3-6H2,1-2H3,(H,12,14)(H,15,16). The third-order valence-electron chi connectivity index (χ3n) is 3.49. The Balaban J connectivity index is 2.54. The van der Waals surface area contributed by atoms with Gasteiger partial charge in [-0.3, -0.25) is 9.59 Å². The minimum Gasteiger partial charge on any atom is -0.481 e. The van der Waals surface area contributed by atoms with Crippen molar-refractivity contribution in [2.24, 2.45) is 11.8 Å². The molecule has 0 aromatic heterocycles. The first-order valence-electron chi connectivity index (χ1n) is 5.65. The van der Waals surface area contributed by atoms with Crippen molar-refractivity contribution in [2.45, 2.75) is 38.6 Å². The number of nitrogens with one attached hydrogen (secondary N) is 1. The number of hydrogen-bond acceptors (Lipinski definition) is 3. The Kier molecular flexibility index (Phi) is 3.91. The first-order valence-corrected chi connectivity index (χ1v) is 5.65. The van der Waals surface area contributed by atoms with Gasteiger partial charge in [0.15, 0.2) is 0 Å². The summed E-state index contributed by atoms with van der Waals surface area (Å²) in [7, 11) is 0. The molecule has 2 atom stereocenters. The van der Waals surface area contributed by atoms with Gasteiger partial charge in [0, 0.05) is 0 Å². The summed E-state index contributed by atoms with van der Waals surface area (Å²) in [5, 5.41) is 20.8. The molecular formula is C11H19NO4. The van der Waals surface area contributed by atoms with E-state index in [9.17, 15) is 14.7 Å². The molecule has 0 aliphatic heterocycles. The summed E-state index contributed by atoms with van der Waals surface area (Å²) in [6.07, 6.45) is 1.68. The summed E-state index contributed by atoms with van der Waals surface area (Å²) in [6.45, 7) is 3.67. The molecule has 1 rings (SSSR count). The van der Waals surface area contributed by atoms with Crippen molar-refractivity contribution in [1.82, 2.24) is 5.32 Å². The third kappa shape index (κ3) is 2.52. The minimum atomic E-state index is -0.914. The van der Waals surface area contributed by atoms with Crippen LogP contribution >= 0.6 is 0 Å².